The minimum Gasteiger partial charge on any atom is -0.465 e. The standard InChI is InChI=1S/C15H18FN3O2/c1-19-8-6-12(18-19)5-7-17-10-11-3-4-13(14(16)9-11)15(20)21-2/h3-4,6,8-9,17H,5,7,10H2,1-2H3. The van der Waals surface area contributed by atoms with Gasteiger partial charge in [-0.3, -0.25) is 4.68 Å². The van der Waals surface area contributed by atoms with Crippen LogP contribution in [-0.4, -0.2) is 29.4 Å². The number of hydrogen-bond donors (Lipinski definition) is 1. The first-order valence-corrected chi connectivity index (χ1v) is 6.66. The number of hydrogen-bond acceptors (Lipinski definition) is 4. The van der Waals surface area contributed by atoms with E-state index in [1.165, 1.54) is 19.2 Å². The lowest BCUT2D eigenvalue weighted by Gasteiger charge is -2.06. The molecule has 1 aromatic heterocycles. The lowest BCUT2D eigenvalue weighted by atomic mass is 10.1. The molecule has 0 aliphatic rings. The number of carbonyl (C=O) groups excluding carboxylic acids is 1. The molecule has 0 saturated carbocycles. The number of nitrogens with zero attached hydrogens (tertiary/aromatic N) is 2. The monoisotopic (exact) mass is 291 g/mol. The van der Waals surface area contributed by atoms with Gasteiger partial charge < -0.3 is 10.1 Å². The Morgan fingerprint density at radius 3 is 2.86 bits per heavy atom. The predicted molar refractivity (Wildman–Crippen MR) is 76.4 cm³/mol. The van der Waals surface area contributed by atoms with Crippen LogP contribution >= 0.6 is 0 Å². The van der Waals surface area contributed by atoms with Gasteiger partial charge in [0.25, 0.3) is 0 Å². The Hall–Kier alpha value is -2.21. The topological polar surface area (TPSA) is 56.1 Å². The van der Waals surface area contributed by atoms with Crippen molar-refractivity contribution in [3.63, 3.8) is 0 Å². The van der Waals surface area contributed by atoms with Crippen molar-refractivity contribution in [1.82, 2.24) is 15.1 Å². The normalized spacial score (nSPS) is 10.6. The van der Waals surface area contributed by atoms with Gasteiger partial charge in [0.05, 0.1) is 18.4 Å². The molecule has 0 fully saturated rings. The Kier molecular flexibility index (Phi) is 5.05. The van der Waals surface area contributed by atoms with Crippen molar-refractivity contribution in [2.45, 2.75) is 13.0 Å². The minimum atomic E-state index is -0.665. The van der Waals surface area contributed by atoms with Crippen LogP contribution in [0, 0.1) is 5.82 Å². The fourth-order valence-corrected chi connectivity index (χ4v) is 1.99. The van der Waals surface area contributed by atoms with Crippen LogP contribution < -0.4 is 5.32 Å². The second kappa shape index (κ2) is 6.99. The zero-order chi connectivity index (χ0) is 15.2. The van der Waals surface area contributed by atoms with Crippen LogP contribution in [0.1, 0.15) is 21.6 Å². The Morgan fingerprint density at radius 1 is 1.43 bits per heavy atom. The van der Waals surface area contributed by atoms with Gasteiger partial charge in [0.15, 0.2) is 0 Å². The fourth-order valence-electron chi connectivity index (χ4n) is 1.99. The van der Waals surface area contributed by atoms with Crippen LogP contribution in [0.3, 0.4) is 0 Å². The van der Waals surface area contributed by atoms with Crippen LogP contribution in [0.15, 0.2) is 30.5 Å². The Balaban J connectivity index is 1.83. The number of nitrogens with one attached hydrogen (secondary N) is 1. The van der Waals surface area contributed by atoms with Crippen molar-refractivity contribution in [2.24, 2.45) is 7.05 Å². The first-order chi connectivity index (χ1) is 10.1. The zero-order valence-corrected chi connectivity index (χ0v) is 12.1. The smallest absolute Gasteiger partial charge is 0.340 e. The summed E-state index contributed by atoms with van der Waals surface area (Å²) in [5, 5.41) is 7.49. The largest absolute Gasteiger partial charge is 0.465 e. The van der Waals surface area contributed by atoms with Crippen molar-refractivity contribution in [3.05, 3.63) is 53.1 Å². The number of esters is 1. The number of aryl methyl sites for hydroxylation is 1. The maximum atomic E-state index is 13.7. The van der Waals surface area contributed by atoms with Gasteiger partial charge >= 0.3 is 5.97 Å². The van der Waals surface area contributed by atoms with Crippen molar-refractivity contribution in [3.8, 4) is 0 Å². The summed E-state index contributed by atoms with van der Waals surface area (Å²) in [5.74, 6) is -1.23. The molecule has 1 aromatic carbocycles. The minimum absolute atomic E-state index is 0.0465. The van der Waals surface area contributed by atoms with E-state index >= 15 is 0 Å². The molecule has 5 nitrogen and oxygen atoms in total. The number of rotatable bonds is 6. The molecule has 0 atom stereocenters. The Morgan fingerprint density at radius 2 is 2.24 bits per heavy atom. The lowest BCUT2D eigenvalue weighted by Crippen LogP contribution is -2.17. The fraction of sp³-hybridized carbons (Fsp3) is 0.333. The quantitative estimate of drug-likeness (QED) is 0.650. The SMILES string of the molecule is COC(=O)c1ccc(CNCCc2ccn(C)n2)cc1F. The second-order valence-corrected chi connectivity index (χ2v) is 4.71. The van der Waals surface area contributed by atoms with E-state index in [1.54, 1.807) is 10.7 Å². The van der Waals surface area contributed by atoms with Gasteiger partial charge in [-0.15, -0.1) is 0 Å². The van der Waals surface area contributed by atoms with Crippen molar-refractivity contribution >= 4 is 5.97 Å². The highest BCUT2D eigenvalue weighted by atomic mass is 19.1. The van der Waals surface area contributed by atoms with Gasteiger partial charge in [0.1, 0.15) is 5.82 Å². The molecule has 0 spiro atoms. The maximum absolute atomic E-state index is 13.7. The molecule has 0 bridgehead atoms. The number of benzene rings is 1. The molecule has 0 amide bonds. The van der Waals surface area contributed by atoms with Gasteiger partial charge in [0, 0.05) is 32.8 Å². The molecule has 0 aliphatic carbocycles. The average molecular weight is 291 g/mol. The molecule has 1 heterocycles. The summed E-state index contributed by atoms with van der Waals surface area (Å²) in [7, 11) is 3.11. The Bertz CT molecular complexity index is 625. The highest BCUT2D eigenvalue weighted by molar-refractivity contribution is 5.89. The Labute approximate surface area is 122 Å². The number of halogens is 1. The molecule has 0 radical (unpaired) electrons. The first-order valence-electron chi connectivity index (χ1n) is 6.66. The van der Waals surface area contributed by atoms with E-state index in [4.69, 9.17) is 0 Å². The van der Waals surface area contributed by atoms with Crippen molar-refractivity contribution in [1.29, 1.82) is 0 Å². The molecule has 0 saturated heterocycles. The van der Waals surface area contributed by atoms with E-state index in [-0.39, 0.29) is 5.56 Å². The van der Waals surface area contributed by atoms with Crippen LogP contribution in [0.4, 0.5) is 4.39 Å². The van der Waals surface area contributed by atoms with E-state index < -0.39 is 11.8 Å². The van der Waals surface area contributed by atoms with E-state index in [1.807, 2.05) is 19.3 Å². The van der Waals surface area contributed by atoms with Crippen LogP contribution in [0.5, 0.6) is 0 Å². The van der Waals surface area contributed by atoms with E-state index in [0.717, 1.165) is 24.2 Å². The molecular formula is C15H18FN3O2. The predicted octanol–water partition coefficient (Wildman–Crippen LogP) is 1.68. The molecule has 2 aromatic rings. The van der Waals surface area contributed by atoms with Crippen molar-refractivity contribution in [2.75, 3.05) is 13.7 Å². The third kappa shape index (κ3) is 4.13. The lowest BCUT2D eigenvalue weighted by molar-refractivity contribution is 0.0595. The summed E-state index contributed by atoms with van der Waals surface area (Å²) in [5.41, 5.74) is 1.74. The summed E-state index contributed by atoms with van der Waals surface area (Å²) in [6.07, 6.45) is 2.71. The molecule has 21 heavy (non-hydrogen) atoms. The number of methoxy groups -OCH3 is 1. The van der Waals surface area contributed by atoms with Crippen molar-refractivity contribution < 1.29 is 13.9 Å². The van der Waals surface area contributed by atoms with E-state index in [2.05, 4.69) is 15.2 Å². The molecule has 2 rings (SSSR count). The third-order valence-corrected chi connectivity index (χ3v) is 3.09. The van der Waals surface area contributed by atoms with E-state index in [9.17, 15) is 9.18 Å². The van der Waals surface area contributed by atoms with Crippen LogP contribution in [0.25, 0.3) is 0 Å². The maximum Gasteiger partial charge on any atom is 0.340 e. The third-order valence-electron chi connectivity index (χ3n) is 3.09. The molecule has 6 heteroatoms. The number of carbonyl (C=O) groups is 1. The highest BCUT2D eigenvalue weighted by Gasteiger charge is 2.11. The number of ether oxygens (including phenoxy) is 1. The molecule has 112 valence electrons. The van der Waals surface area contributed by atoms with Gasteiger partial charge in [-0.2, -0.15) is 5.10 Å². The van der Waals surface area contributed by atoms with Crippen LogP contribution in [0.2, 0.25) is 0 Å². The van der Waals surface area contributed by atoms with Crippen LogP contribution in [-0.2, 0) is 24.8 Å². The summed E-state index contributed by atoms with van der Waals surface area (Å²) in [6.45, 7) is 1.28. The molecule has 0 aliphatic heterocycles. The number of aromatic nitrogens is 2. The van der Waals surface area contributed by atoms with Gasteiger partial charge in [0.2, 0.25) is 0 Å². The second-order valence-electron chi connectivity index (χ2n) is 4.71. The first kappa shape index (κ1) is 15.2. The van der Waals surface area contributed by atoms with Gasteiger partial charge in [-0.1, -0.05) is 6.07 Å². The zero-order valence-electron chi connectivity index (χ0n) is 12.1. The summed E-state index contributed by atoms with van der Waals surface area (Å²) in [6, 6.07) is 6.46. The summed E-state index contributed by atoms with van der Waals surface area (Å²) >= 11 is 0. The summed E-state index contributed by atoms with van der Waals surface area (Å²) in [4.78, 5) is 11.3. The van der Waals surface area contributed by atoms with Gasteiger partial charge in [-0.05, 0) is 23.8 Å². The average Bonchev–Trinajstić information content (AvgIpc) is 2.88. The molecule has 1 N–H and O–H groups in total. The van der Waals surface area contributed by atoms with Gasteiger partial charge in [-0.25, -0.2) is 9.18 Å². The molecular weight excluding hydrogens is 273 g/mol. The highest BCUT2D eigenvalue weighted by Crippen LogP contribution is 2.11. The van der Waals surface area contributed by atoms with E-state index in [0.29, 0.717) is 6.54 Å². The summed E-state index contributed by atoms with van der Waals surface area (Å²) < 4.78 is 20.0. The molecule has 0 unspecified atom stereocenters.